The van der Waals surface area contributed by atoms with Crippen molar-refractivity contribution >= 4 is 0 Å². The van der Waals surface area contributed by atoms with E-state index in [1.165, 1.54) is 50.5 Å². The molecule has 2 nitrogen and oxygen atoms in total. The minimum Gasteiger partial charge on any atom is -0.385 e. The molecule has 2 saturated heterocycles. The molecule has 2 aliphatic heterocycles. The molecule has 2 atom stereocenters. The summed E-state index contributed by atoms with van der Waals surface area (Å²) in [7, 11) is 0. The molecule has 2 fully saturated rings. The maximum Gasteiger partial charge on any atom is 0.0926 e. The average Bonchev–Trinajstić information content (AvgIpc) is 2.84. The van der Waals surface area contributed by atoms with E-state index in [1.54, 1.807) is 0 Å². The van der Waals surface area contributed by atoms with Crippen molar-refractivity contribution in [2.45, 2.75) is 82.4 Å². The van der Waals surface area contributed by atoms with Crippen LogP contribution in [-0.2, 0) is 12.0 Å². The van der Waals surface area contributed by atoms with Gasteiger partial charge in [-0.1, -0.05) is 50.5 Å². The highest BCUT2D eigenvalue weighted by molar-refractivity contribution is 5.29. The number of hydrogen-bond acceptors (Lipinski definition) is 2. The fraction of sp³-hybridized carbons (Fsp3) is 0.684. The number of rotatable bonds is 6. The highest BCUT2D eigenvalue weighted by atomic mass is 16.3. The van der Waals surface area contributed by atoms with E-state index < -0.39 is 5.60 Å². The molecule has 2 heterocycles. The van der Waals surface area contributed by atoms with Crippen LogP contribution in [-0.4, -0.2) is 17.2 Å². The number of nitrogens with one attached hydrogen (secondary N) is 1. The summed E-state index contributed by atoms with van der Waals surface area (Å²) in [6.07, 6.45) is 10.6. The highest BCUT2D eigenvalue weighted by Crippen LogP contribution is 2.40. The third kappa shape index (κ3) is 3.49. The average molecular weight is 287 g/mol. The molecule has 2 heteroatoms. The van der Waals surface area contributed by atoms with Gasteiger partial charge in [0.1, 0.15) is 0 Å². The molecule has 116 valence electrons. The van der Waals surface area contributed by atoms with Crippen LogP contribution in [0.15, 0.2) is 24.3 Å². The lowest BCUT2D eigenvalue weighted by atomic mass is 9.81. The molecule has 1 aromatic rings. The van der Waals surface area contributed by atoms with Gasteiger partial charge in [0, 0.05) is 12.1 Å². The lowest BCUT2D eigenvalue weighted by Gasteiger charge is -2.37. The van der Waals surface area contributed by atoms with Crippen LogP contribution in [0.4, 0.5) is 0 Å². The van der Waals surface area contributed by atoms with Gasteiger partial charge in [-0.3, -0.25) is 0 Å². The Labute approximate surface area is 129 Å². The van der Waals surface area contributed by atoms with Crippen molar-refractivity contribution in [2.24, 2.45) is 0 Å². The number of piperidine rings is 1. The fourth-order valence-corrected chi connectivity index (χ4v) is 4.10. The van der Waals surface area contributed by atoms with Gasteiger partial charge in [0.25, 0.3) is 0 Å². The first kappa shape index (κ1) is 15.1. The summed E-state index contributed by atoms with van der Waals surface area (Å²) >= 11 is 0. The topological polar surface area (TPSA) is 32.3 Å². The second-order valence-corrected chi connectivity index (χ2v) is 7.09. The third-order valence-electron chi connectivity index (χ3n) is 5.31. The zero-order valence-corrected chi connectivity index (χ0v) is 13.3. The van der Waals surface area contributed by atoms with E-state index in [2.05, 4.69) is 36.5 Å². The van der Waals surface area contributed by atoms with Crippen molar-refractivity contribution in [3.8, 4) is 0 Å². The van der Waals surface area contributed by atoms with Crippen LogP contribution >= 0.6 is 0 Å². The summed E-state index contributed by atoms with van der Waals surface area (Å²) in [4.78, 5) is 0. The zero-order chi connectivity index (χ0) is 14.7. The Bertz CT molecular complexity index is 441. The van der Waals surface area contributed by atoms with Gasteiger partial charge in [-0.15, -0.1) is 0 Å². The van der Waals surface area contributed by atoms with Crippen LogP contribution < -0.4 is 5.32 Å². The summed E-state index contributed by atoms with van der Waals surface area (Å²) in [5.41, 5.74) is 1.94. The van der Waals surface area contributed by atoms with E-state index in [0.717, 1.165) is 18.4 Å². The molecule has 0 amide bonds. The second kappa shape index (κ2) is 6.50. The molecule has 21 heavy (non-hydrogen) atoms. The summed E-state index contributed by atoms with van der Waals surface area (Å²) < 4.78 is 0. The molecule has 0 aromatic heterocycles. The molecular formula is C19H29NO. The van der Waals surface area contributed by atoms with E-state index in [0.29, 0.717) is 12.1 Å². The van der Waals surface area contributed by atoms with Crippen LogP contribution in [0.25, 0.3) is 0 Å². The first-order chi connectivity index (χ1) is 10.2. The smallest absolute Gasteiger partial charge is 0.0926 e. The van der Waals surface area contributed by atoms with Crippen LogP contribution in [0.2, 0.25) is 0 Å². The number of unbranched alkanes of at least 4 members (excludes halogenated alkanes) is 3. The lowest BCUT2D eigenvalue weighted by Crippen LogP contribution is -2.46. The maximum absolute atomic E-state index is 11.0. The van der Waals surface area contributed by atoms with Gasteiger partial charge in [0.15, 0.2) is 0 Å². The largest absolute Gasteiger partial charge is 0.385 e. The molecule has 3 rings (SSSR count). The van der Waals surface area contributed by atoms with Crippen molar-refractivity contribution in [1.82, 2.24) is 5.32 Å². The molecule has 0 spiro atoms. The van der Waals surface area contributed by atoms with Crippen LogP contribution in [0.5, 0.6) is 0 Å². The van der Waals surface area contributed by atoms with E-state index in [1.807, 2.05) is 0 Å². The van der Waals surface area contributed by atoms with Crippen LogP contribution in [0, 0.1) is 0 Å². The van der Waals surface area contributed by atoms with Crippen molar-refractivity contribution in [2.75, 3.05) is 0 Å². The second-order valence-electron chi connectivity index (χ2n) is 7.09. The predicted molar refractivity (Wildman–Crippen MR) is 87.4 cm³/mol. The van der Waals surface area contributed by atoms with Crippen molar-refractivity contribution in [1.29, 1.82) is 0 Å². The zero-order valence-electron chi connectivity index (χ0n) is 13.3. The van der Waals surface area contributed by atoms with E-state index in [4.69, 9.17) is 0 Å². The quantitative estimate of drug-likeness (QED) is 0.777. The van der Waals surface area contributed by atoms with Gasteiger partial charge < -0.3 is 10.4 Å². The highest BCUT2D eigenvalue weighted by Gasteiger charge is 2.43. The SMILES string of the molecule is CCCCCCc1ccc(C2(O)CC3CCC(C2)N3)cc1. The molecule has 0 radical (unpaired) electrons. The Hall–Kier alpha value is -0.860. The normalized spacial score (nSPS) is 31.5. The van der Waals surface area contributed by atoms with E-state index in [-0.39, 0.29) is 0 Å². The van der Waals surface area contributed by atoms with E-state index >= 15 is 0 Å². The Balaban J connectivity index is 1.61. The van der Waals surface area contributed by atoms with Gasteiger partial charge >= 0.3 is 0 Å². The van der Waals surface area contributed by atoms with Gasteiger partial charge in [-0.2, -0.15) is 0 Å². The van der Waals surface area contributed by atoms with Crippen molar-refractivity contribution in [3.05, 3.63) is 35.4 Å². The number of hydrogen-bond donors (Lipinski definition) is 2. The molecule has 2 bridgehead atoms. The lowest BCUT2D eigenvalue weighted by molar-refractivity contribution is -0.0114. The Kier molecular flexibility index (Phi) is 4.66. The Morgan fingerprint density at radius 1 is 1.05 bits per heavy atom. The number of fused-ring (bicyclic) bond motifs is 2. The van der Waals surface area contributed by atoms with Crippen LogP contribution in [0.3, 0.4) is 0 Å². The predicted octanol–water partition coefficient (Wildman–Crippen LogP) is 3.91. The molecule has 2 N–H and O–H groups in total. The first-order valence-corrected chi connectivity index (χ1v) is 8.77. The monoisotopic (exact) mass is 287 g/mol. The van der Waals surface area contributed by atoms with E-state index in [9.17, 15) is 5.11 Å². The fourth-order valence-electron chi connectivity index (χ4n) is 4.10. The van der Waals surface area contributed by atoms with Gasteiger partial charge in [0.05, 0.1) is 5.60 Å². The number of aryl methyl sites for hydroxylation is 1. The molecule has 2 aliphatic rings. The van der Waals surface area contributed by atoms with Gasteiger partial charge in [-0.25, -0.2) is 0 Å². The standard InChI is InChI=1S/C19H29NO/c1-2-3-4-5-6-15-7-9-16(10-8-15)19(21)13-17-11-12-18(14-19)20-17/h7-10,17-18,20-21H,2-6,11-14H2,1H3. The summed E-state index contributed by atoms with van der Waals surface area (Å²) in [6, 6.07) is 9.82. The molecule has 2 unspecified atom stereocenters. The number of benzene rings is 1. The van der Waals surface area contributed by atoms with Crippen molar-refractivity contribution < 1.29 is 5.11 Å². The minimum atomic E-state index is -0.599. The maximum atomic E-state index is 11.0. The minimum absolute atomic E-state index is 0.516. The first-order valence-electron chi connectivity index (χ1n) is 8.77. The Morgan fingerprint density at radius 3 is 2.33 bits per heavy atom. The molecular weight excluding hydrogens is 258 g/mol. The van der Waals surface area contributed by atoms with Crippen molar-refractivity contribution in [3.63, 3.8) is 0 Å². The van der Waals surface area contributed by atoms with Gasteiger partial charge in [0.2, 0.25) is 0 Å². The summed E-state index contributed by atoms with van der Waals surface area (Å²) in [6.45, 7) is 2.25. The number of aliphatic hydroxyl groups is 1. The van der Waals surface area contributed by atoms with Gasteiger partial charge in [-0.05, 0) is 49.7 Å². The molecule has 0 saturated carbocycles. The molecule has 1 aromatic carbocycles. The van der Waals surface area contributed by atoms with Crippen LogP contribution in [0.1, 0.15) is 69.4 Å². The molecule has 0 aliphatic carbocycles. The summed E-state index contributed by atoms with van der Waals surface area (Å²) in [5.74, 6) is 0. The summed E-state index contributed by atoms with van der Waals surface area (Å²) in [5, 5.41) is 14.6. The Morgan fingerprint density at radius 2 is 1.71 bits per heavy atom. The third-order valence-corrected chi connectivity index (χ3v) is 5.31.